The van der Waals surface area contributed by atoms with E-state index >= 15 is 0 Å². The first kappa shape index (κ1) is 21.2. The van der Waals surface area contributed by atoms with Crippen molar-refractivity contribution in [3.05, 3.63) is 59.7 Å². The quantitative estimate of drug-likeness (QED) is 0.615. The molecule has 158 valence electrons. The molecule has 8 nitrogen and oxygen atoms in total. The van der Waals surface area contributed by atoms with Gasteiger partial charge in [-0.05, 0) is 48.5 Å². The number of aliphatic imine (C=N–C) groups is 1. The van der Waals surface area contributed by atoms with E-state index in [2.05, 4.69) is 4.99 Å². The summed E-state index contributed by atoms with van der Waals surface area (Å²) in [5, 5.41) is 0. The van der Waals surface area contributed by atoms with E-state index in [1.54, 1.807) is 69.7 Å². The maximum Gasteiger partial charge on any atom is 0.338 e. The predicted molar refractivity (Wildman–Crippen MR) is 108 cm³/mol. The zero-order valence-electron chi connectivity index (χ0n) is 17.0. The molecule has 0 aliphatic carbocycles. The summed E-state index contributed by atoms with van der Waals surface area (Å²) in [7, 11) is 3.09. The van der Waals surface area contributed by atoms with Crippen LogP contribution in [0.25, 0.3) is 0 Å². The van der Waals surface area contributed by atoms with Gasteiger partial charge in [0.05, 0.1) is 25.3 Å². The average molecular weight is 413 g/mol. The van der Waals surface area contributed by atoms with Gasteiger partial charge in [-0.2, -0.15) is 0 Å². The first-order valence-electron chi connectivity index (χ1n) is 9.26. The molecule has 3 rings (SSSR count). The maximum absolute atomic E-state index is 12.4. The number of rotatable bonds is 8. The molecule has 30 heavy (non-hydrogen) atoms. The number of hydrogen-bond donors (Lipinski definition) is 0. The molecule has 1 heterocycles. The molecule has 0 saturated heterocycles. The second-order valence-electron chi connectivity index (χ2n) is 6.75. The fraction of sp³-hybridized carbons (Fsp3) is 0.318. The molecule has 0 amide bonds. The fourth-order valence-electron chi connectivity index (χ4n) is 2.85. The lowest BCUT2D eigenvalue weighted by atomic mass is 10.1. The summed E-state index contributed by atoms with van der Waals surface area (Å²) < 4.78 is 26.5. The predicted octanol–water partition coefficient (Wildman–Crippen LogP) is 2.91. The van der Waals surface area contributed by atoms with Crippen LogP contribution in [0.15, 0.2) is 53.5 Å². The molecule has 0 bridgehead atoms. The van der Waals surface area contributed by atoms with Gasteiger partial charge in [-0.15, -0.1) is 0 Å². The number of carbonyl (C=O) groups excluding carboxylic acids is 2. The van der Waals surface area contributed by atoms with Crippen LogP contribution in [0.1, 0.15) is 27.6 Å². The van der Waals surface area contributed by atoms with Crippen molar-refractivity contribution in [2.45, 2.75) is 12.5 Å². The highest BCUT2D eigenvalue weighted by Gasteiger charge is 2.39. The number of hydrogen-bond acceptors (Lipinski definition) is 8. The fourth-order valence-corrected chi connectivity index (χ4v) is 2.85. The molecule has 1 aliphatic rings. The second-order valence-corrected chi connectivity index (χ2v) is 6.75. The molecular formula is C22H23NO7. The smallest absolute Gasteiger partial charge is 0.338 e. The summed E-state index contributed by atoms with van der Waals surface area (Å²) in [6.45, 7) is 1.65. The average Bonchev–Trinajstić information content (AvgIpc) is 3.17. The lowest BCUT2D eigenvalue weighted by Crippen LogP contribution is -2.41. The van der Waals surface area contributed by atoms with Crippen LogP contribution < -0.4 is 9.47 Å². The third-order valence-corrected chi connectivity index (χ3v) is 4.54. The van der Waals surface area contributed by atoms with Crippen molar-refractivity contribution in [3.63, 3.8) is 0 Å². The van der Waals surface area contributed by atoms with Gasteiger partial charge >= 0.3 is 11.9 Å². The Morgan fingerprint density at radius 1 is 0.867 bits per heavy atom. The number of esters is 2. The highest BCUT2D eigenvalue weighted by atomic mass is 16.6. The van der Waals surface area contributed by atoms with Crippen LogP contribution in [0.3, 0.4) is 0 Å². The van der Waals surface area contributed by atoms with Crippen molar-refractivity contribution in [3.8, 4) is 11.5 Å². The zero-order valence-corrected chi connectivity index (χ0v) is 17.0. The maximum atomic E-state index is 12.4. The van der Waals surface area contributed by atoms with Gasteiger partial charge in [0.25, 0.3) is 0 Å². The lowest BCUT2D eigenvalue weighted by Gasteiger charge is -2.23. The minimum atomic E-state index is -0.992. The molecule has 0 aromatic heterocycles. The highest BCUT2D eigenvalue weighted by Crippen LogP contribution is 2.22. The van der Waals surface area contributed by atoms with Crippen LogP contribution in [0, 0.1) is 0 Å². The number of benzene rings is 2. The van der Waals surface area contributed by atoms with E-state index < -0.39 is 17.5 Å². The summed E-state index contributed by atoms with van der Waals surface area (Å²) in [5.41, 5.74) is -0.240. The molecular weight excluding hydrogens is 390 g/mol. The summed E-state index contributed by atoms with van der Waals surface area (Å²) in [4.78, 5) is 29.2. The number of ether oxygens (including phenoxy) is 5. The van der Waals surface area contributed by atoms with Crippen LogP contribution in [-0.2, 0) is 14.2 Å². The summed E-state index contributed by atoms with van der Waals surface area (Å²) in [5.74, 6) is 0.684. The Bertz CT molecular complexity index is 856. The third-order valence-electron chi connectivity index (χ3n) is 4.54. The van der Waals surface area contributed by atoms with E-state index in [4.69, 9.17) is 23.7 Å². The van der Waals surface area contributed by atoms with Gasteiger partial charge in [-0.25, -0.2) is 14.6 Å². The Balaban J connectivity index is 1.62. The van der Waals surface area contributed by atoms with E-state index in [1.807, 2.05) is 0 Å². The Hall–Kier alpha value is -3.55. The molecule has 2 aromatic rings. The summed E-state index contributed by atoms with van der Waals surface area (Å²) >= 11 is 0. The van der Waals surface area contributed by atoms with Gasteiger partial charge < -0.3 is 23.7 Å². The lowest BCUT2D eigenvalue weighted by molar-refractivity contribution is 0.0148. The van der Waals surface area contributed by atoms with Gasteiger partial charge in [0.2, 0.25) is 0 Å². The van der Waals surface area contributed by atoms with Gasteiger partial charge in [0.15, 0.2) is 11.4 Å². The van der Waals surface area contributed by atoms with E-state index in [1.165, 1.54) is 0 Å². The summed E-state index contributed by atoms with van der Waals surface area (Å²) in [6.07, 6.45) is 0. The third kappa shape index (κ3) is 5.08. The Kier molecular flexibility index (Phi) is 6.56. The van der Waals surface area contributed by atoms with Gasteiger partial charge in [-0.3, -0.25) is 0 Å². The number of methoxy groups -OCH3 is 2. The van der Waals surface area contributed by atoms with Crippen LogP contribution in [0.2, 0.25) is 0 Å². The van der Waals surface area contributed by atoms with E-state index in [9.17, 15) is 9.59 Å². The highest BCUT2D eigenvalue weighted by molar-refractivity contribution is 5.90. The van der Waals surface area contributed by atoms with Crippen molar-refractivity contribution in [1.82, 2.24) is 0 Å². The largest absolute Gasteiger partial charge is 0.497 e. The van der Waals surface area contributed by atoms with Crippen molar-refractivity contribution in [2.75, 3.05) is 34.0 Å². The topological polar surface area (TPSA) is 92.7 Å². The van der Waals surface area contributed by atoms with Crippen molar-refractivity contribution < 1.29 is 33.3 Å². The molecule has 0 spiro atoms. The van der Waals surface area contributed by atoms with E-state index in [0.29, 0.717) is 28.5 Å². The number of carbonyl (C=O) groups is 2. The first-order valence-corrected chi connectivity index (χ1v) is 9.26. The van der Waals surface area contributed by atoms with Crippen LogP contribution in [0.5, 0.6) is 11.5 Å². The van der Waals surface area contributed by atoms with Crippen LogP contribution >= 0.6 is 0 Å². The minimum absolute atomic E-state index is 0.0922. The van der Waals surface area contributed by atoms with Crippen LogP contribution in [0.4, 0.5) is 0 Å². The summed E-state index contributed by atoms with van der Waals surface area (Å²) in [6, 6.07) is 13.1. The SMILES string of the molecule is COc1ccc(C(=O)OCC2(COC(=O)c3ccc(OC)cc3)COC(C)=N2)cc1. The second kappa shape index (κ2) is 9.30. The first-order chi connectivity index (χ1) is 14.4. The Morgan fingerprint density at radius 2 is 1.30 bits per heavy atom. The molecule has 1 aliphatic heterocycles. The van der Waals surface area contributed by atoms with Crippen molar-refractivity contribution >= 4 is 17.8 Å². The minimum Gasteiger partial charge on any atom is -0.497 e. The molecule has 2 aromatic carbocycles. The van der Waals surface area contributed by atoms with Gasteiger partial charge in [0, 0.05) is 6.92 Å². The molecule has 0 atom stereocenters. The van der Waals surface area contributed by atoms with Crippen molar-refractivity contribution in [2.24, 2.45) is 4.99 Å². The normalized spacial score (nSPS) is 14.3. The molecule has 0 fully saturated rings. The molecule has 0 radical (unpaired) electrons. The Morgan fingerprint density at radius 3 is 1.63 bits per heavy atom. The molecule has 0 unspecified atom stereocenters. The van der Waals surface area contributed by atoms with Crippen LogP contribution in [-0.4, -0.2) is 57.4 Å². The standard InChI is InChI=1S/C22H23NO7/c1-15-23-22(12-28-15,13-29-20(24)16-4-8-18(26-2)9-5-16)14-30-21(25)17-6-10-19(27-3)11-7-17/h4-11H,12-14H2,1-3H3. The van der Waals surface area contributed by atoms with Gasteiger partial charge in [0.1, 0.15) is 31.3 Å². The monoisotopic (exact) mass is 413 g/mol. The molecule has 0 N–H and O–H groups in total. The molecule has 8 heteroatoms. The zero-order chi connectivity index (χ0) is 21.6. The number of nitrogens with zero attached hydrogens (tertiary/aromatic N) is 1. The van der Waals surface area contributed by atoms with E-state index in [-0.39, 0.29) is 19.8 Å². The van der Waals surface area contributed by atoms with Crippen molar-refractivity contribution in [1.29, 1.82) is 0 Å². The Labute approximate surface area is 174 Å². The molecule has 0 saturated carbocycles. The van der Waals surface area contributed by atoms with E-state index in [0.717, 1.165) is 0 Å². The van der Waals surface area contributed by atoms with Gasteiger partial charge in [-0.1, -0.05) is 0 Å².